The zero-order chi connectivity index (χ0) is 19.3. The van der Waals surface area contributed by atoms with E-state index in [1.807, 2.05) is 6.07 Å². The Balaban J connectivity index is 2.08. The van der Waals surface area contributed by atoms with E-state index in [0.29, 0.717) is 0 Å². The standard InChI is InChI=1S/C18H22N2O6/c1-18(2,3)26-17(24)19-12(9-11-7-5-4-6-8-11)16(23)25-13-10-14(21)20-15(13)22/h4-8,12-13H,9-10H2,1-3H3,(H,19,24)(H,20,21,22)/t12-,13+/m1/s1. The average Bonchev–Trinajstić information content (AvgIpc) is 2.83. The Hall–Kier alpha value is -2.90. The van der Waals surface area contributed by atoms with Gasteiger partial charge in [-0.05, 0) is 26.3 Å². The lowest BCUT2D eigenvalue weighted by Gasteiger charge is -2.23. The maximum absolute atomic E-state index is 12.5. The Morgan fingerprint density at radius 1 is 1.23 bits per heavy atom. The van der Waals surface area contributed by atoms with Crippen molar-refractivity contribution in [3.8, 4) is 0 Å². The number of esters is 1. The molecule has 0 spiro atoms. The van der Waals surface area contributed by atoms with Crippen molar-refractivity contribution >= 4 is 23.9 Å². The monoisotopic (exact) mass is 362 g/mol. The summed E-state index contributed by atoms with van der Waals surface area (Å²) in [5.74, 6) is -1.99. The molecule has 1 saturated heterocycles. The fraction of sp³-hybridized carbons (Fsp3) is 0.444. The molecule has 1 aromatic rings. The van der Waals surface area contributed by atoms with Crippen LogP contribution in [-0.2, 0) is 30.3 Å². The number of alkyl carbamates (subject to hydrolysis) is 1. The third-order valence-electron chi connectivity index (χ3n) is 3.44. The van der Waals surface area contributed by atoms with E-state index in [2.05, 4.69) is 10.6 Å². The SMILES string of the molecule is CC(C)(C)OC(=O)N[C@H](Cc1ccccc1)C(=O)O[C@H]1CC(=O)NC1=O. The van der Waals surface area contributed by atoms with Crippen LogP contribution in [0.4, 0.5) is 4.79 Å². The van der Waals surface area contributed by atoms with Crippen LogP contribution in [0.25, 0.3) is 0 Å². The van der Waals surface area contributed by atoms with Crippen LogP contribution in [0.3, 0.4) is 0 Å². The number of nitrogens with one attached hydrogen (secondary N) is 2. The molecular weight excluding hydrogens is 340 g/mol. The first-order valence-electron chi connectivity index (χ1n) is 8.21. The molecule has 1 aliphatic heterocycles. The van der Waals surface area contributed by atoms with Crippen LogP contribution in [-0.4, -0.2) is 41.6 Å². The van der Waals surface area contributed by atoms with Gasteiger partial charge >= 0.3 is 12.1 Å². The fourth-order valence-electron chi connectivity index (χ4n) is 2.34. The molecule has 0 saturated carbocycles. The van der Waals surface area contributed by atoms with E-state index >= 15 is 0 Å². The molecule has 26 heavy (non-hydrogen) atoms. The zero-order valence-electron chi connectivity index (χ0n) is 14.9. The van der Waals surface area contributed by atoms with Gasteiger partial charge in [-0.2, -0.15) is 0 Å². The summed E-state index contributed by atoms with van der Waals surface area (Å²) in [5.41, 5.74) is 0.0562. The summed E-state index contributed by atoms with van der Waals surface area (Å²) in [6, 6.07) is 7.96. The minimum absolute atomic E-state index is 0.154. The highest BCUT2D eigenvalue weighted by Gasteiger charge is 2.36. The highest BCUT2D eigenvalue weighted by atomic mass is 16.6. The number of hydrogen-bond donors (Lipinski definition) is 2. The second-order valence-electron chi connectivity index (χ2n) is 6.93. The minimum atomic E-state index is -1.19. The normalized spacial score (nSPS) is 18.0. The Kier molecular flexibility index (Phi) is 5.97. The largest absolute Gasteiger partial charge is 0.450 e. The quantitative estimate of drug-likeness (QED) is 0.599. The molecule has 0 bridgehead atoms. The number of carbonyl (C=O) groups is 4. The third kappa shape index (κ3) is 5.87. The molecule has 1 fully saturated rings. The van der Waals surface area contributed by atoms with Crippen molar-refractivity contribution in [1.29, 1.82) is 0 Å². The number of rotatable bonds is 5. The maximum Gasteiger partial charge on any atom is 0.408 e. The molecule has 8 nitrogen and oxygen atoms in total. The first-order valence-corrected chi connectivity index (χ1v) is 8.21. The summed E-state index contributed by atoms with van der Waals surface area (Å²) in [5, 5.41) is 4.54. The molecular formula is C18H22N2O6. The molecule has 3 amide bonds. The van der Waals surface area contributed by atoms with Crippen molar-refractivity contribution in [3.05, 3.63) is 35.9 Å². The Morgan fingerprint density at radius 3 is 2.42 bits per heavy atom. The van der Waals surface area contributed by atoms with Crippen molar-refractivity contribution in [3.63, 3.8) is 0 Å². The first-order chi connectivity index (χ1) is 12.1. The van der Waals surface area contributed by atoms with Gasteiger partial charge in [-0.3, -0.25) is 14.9 Å². The van der Waals surface area contributed by atoms with Gasteiger partial charge in [-0.1, -0.05) is 30.3 Å². The van der Waals surface area contributed by atoms with Gasteiger partial charge in [0, 0.05) is 6.42 Å². The van der Waals surface area contributed by atoms with Crippen LogP contribution < -0.4 is 10.6 Å². The second-order valence-corrected chi connectivity index (χ2v) is 6.93. The second kappa shape index (κ2) is 7.99. The lowest BCUT2D eigenvalue weighted by atomic mass is 10.1. The Labute approximate surface area is 151 Å². The summed E-state index contributed by atoms with van der Waals surface area (Å²) >= 11 is 0. The van der Waals surface area contributed by atoms with Gasteiger partial charge in [-0.15, -0.1) is 0 Å². The van der Waals surface area contributed by atoms with Crippen LogP contribution in [0.5, 0.6) is 0 Å². The molecule has 1 heterocycles. The Bertz CT molecular complexity index is 695. The Morgan fingerprint density at radius 2 is 1.88 bits per heavy atom. The number of carbonyl (C=O) groups excluding carboxylic acids is 4. The molecule has 2 rings (SSSR count). The summed E-state index contributed by atoms with van der Waals surface area (Å²) in [4.78, 5) is 47.3. The van der Waals surface area contributed by atoms with Crippen molar-refractivity contribution in [2.75, 3.05) is 0 Å². The van der Waals surface area contributed by atoms with Crippen LogP contribution in [0.2, 0.25) is 0 Å². The number of benzene rings is 1. The minimum Gasteiger partial charge on any atom is -0.450 e. The van der Waals surface area contributed by atoms with E-state index in [4.69, 9.17) is 9.47 Å². The molecule has 2 N–H and O–H groups in total. The summed E-state index contributed by atoms with van der Waals surface area (Å²) < 4.78 is 10.3. The highest BCUT2D eigenvalue weighted by Crippen LogP contribution is 2.12. The van der Waals surface area contributed by atoms with Gasteiger partial charge in [0.15, 0.2) is 6.10 Å². The smallest absolute Gasteiger partial charge is 0.408 e. The van der Waals surface area contributed by atoms with Gasteiger partial charge < -0.3 is 14.8 Å². The van der Waals surface area contributed by atoms with Crippen molar-refractivity contribution in [2.45, 2.75) is 51.4 Å². The first kappa shape index (κ1) is 19.4. The van der Waals surface area contributed by atoms with E-state index < -0.39 is 41.6 Å². The third-order valence-corrected chi connectivity index (χ3v) is 3.44. The topological polar surface area (TPSA) is 111 Å². The lowest BCUT2D eigenvalue weighted by Crippen LogP contribution is -2.46. The van der Waals surface area contributed by atoms with Crippen molar-refractivity contribution in [2.24, 2.45) is 0 Å². The molecule has 8 heteroatoms. The molecule has 1 aliphatic rings. The molecule has 2 atom stereocenters. The fourth-order valence-corrected chi connectivity index (χ4v) is 2.34. The zero-order valence-corrected chi connectivity index (χ0v) is 14.9. The predicted octanol–water partition coefficient (Wildman–Crippen LogP) is 1.08. The van der Waals surface area contributed by atoms with Gasteiger partial charge in [0.25, 0.3) is 5.91 Å². The van der Waals surface area contributed by atoms with Crippen LogP contribution >= 0.6 is 0 Å². The molecule has 0 aliphatic carbocycles. The van der Waals surface area contributed by atoms with E-state index in [9.17, 15) is 19.2 Å². The maximum atomic E-state index is 12.5. The van der Waals surface area contributed by atoms with E-state index in [1.54, 1.807) is 45.0 Å². The van der Waals surface area contributed by atoms with Gasteiger partial charge in [0.2, 0.25) is 5.91 Å². The lowest BCUT2D eigenvalue weighted by molar-refractivity contribution is -0.156. The number of imide groups is 1. The molecule has 1 aromatic carbocycles. The number of ether oxygens (including phenoxy) is 2. The molecule has 0 unspecified atom stereocenters. The summed E-state index contributed by atoms with van der Waals surface area (Å²) in [6.45, 7) is 5.10. The number of amides is 3. The van der Waals surface area contributed by atoms with Crippen LogP contribution in [0, 0.1) is 0 Å². The van der Waals surface area contributed by atoms with Crippen LogP contribution in [0.1, 0.15) is 32.8 Å². The van der Waals surface area contributed by atoms with E-state index in [-0.39, 0.29) is 12.8 Å². The summed E-state index contributed by atoms with van der Waals surface area (Å²) in [6.07, 6.45) is -2.04. The highest BCUT2D eigenvalue weighted by molar-refractivity contribution is 6.05. The van der Waals surface area contributed by atoms with E-state index in [0.717, 1.165) is 5.56 Å². The van der Waals surface area contributed by atoms with E-state index in [1.165, 1.54) is 0 Å². The molecule has 140 valence electrons. The van der Waals surface area contributed by atoms with Gasteiger partial charge in [-0.25, -0.2) is 9.59 Å². The average molecular weight is 362 g/mol. The van der Waals surface area contributed by atoms with Gasteiger partial charge in [0.05, 0.1) is 6.42 Å². The number of hydrogen-bond acceptors (Lipinski definition) is 6. The van der Waals surface area contributed by atoms with Crippen molar-refractivity contribution in [1.82, 2.24) is 10.6 Å². The molecule has 0 radical (unpaired) electrons. The van der Waals surface area contributed by atoms with Crippen molar-refractivity contribution < 1.29 is 28.7 Å². The van der Waals surface area contributed by atoms with Gasteiger partial charge in [0.1, 0.15) is 11.6 Å². The summed E-state index contributed by atoms with van der Waals surface area (Å²) in [7, 11) is 0. The molecule has 0 aromatic heterocycles. The van der Waals surface area contributed by atoms with Crippen LogP contribution in [0.15, 0.2) is 30.3 Å². The predicted molar refractivity (Wildman–Crippen MR) is 91.0 cm³/mol.